The van der Waals surface area contributed by atoms with Gasteiger partial charge in [-0.3, -0.25) is 0 Å². The highest BCUT2D eigenvalue weighted by atomic mass is 16.5. The van der Waals surface area contributed by atoms with E-state index in [-0.39, 0.29) is 16.9 Å². The highest BCUT2D eigenvalue weighted by molar-refractivity contribution is 5.43. The van der Waals surface area contributed by atoms with E-state index in [2.05, 4.69) is 52.8 Å². The molecule has 0 aromatic heterocycles. The van der Waals surface area contributed by atoms with Crippen molar-refractivity contribution in [2.45, 2.75) is 46.1 Å². The molecule has 1 fully saturated rings. The summed E-state index contributed by atoms with van der Waals surface area (Å²) in [5.74, 6) is 0.961. The normalized spacial score (nSPS) is 22.4. The SMILES string of the molecule is COc1ccc(C2OCC2(C)C)cc1C(C)(C)C. The zero-order chi connectivity index (χ0) is 13.6. The summed E-state index contributed by atoms with van der Waals surface area (Å²) in [4.78, 5) is 0. The van der Waals surface area contributed by atoms with Gasteiger partial charge in [0.25, 0.3) is 0 Å². The van der Waals surface area contributed by atoms with Gasteiger partial charge in [0.2, 0.25) is 0 Å². The standard InChI is InChI=1S/C16H24O2/c1-15(2,3)12-9-11(7-8-13(12)17-6)14-16(4,5)10-18-14/h7-9,14H,10H2,1-6H3. The van der Waals surface area contributed by atoms with Crippen LogP contribution in [0.2, 0.25) is 0 Å². The molecule has 1 unspecified atom stereocenters. The van der Waals surface area contributed by atoms with Crippen LogP contribution in [0.1, 0.15) is 51.8 Å². The third-order valence-corrected chi connectivity index (χ3v) is 3.67. The lowest BCUT2D eigenvalue weighted by Gasteiger charge is -2.44. The molecule has 2 nitrogen and oxygen atoms in total. The fourth-order valence-electron chi connectivity index (χ4n) is 2.52. The number of benzene rings is 1. The van der Waals surface area contributed by atoms with Gasteiger partial charge in [-0.2, -0.15) is 0 Å². The Morgan fingerprint density at radius 1 is 1.28 bits per heavy atom. The van der Waals surface area contributed by atoms with Crippen molar-refractivity contribution in [3.63, 3.8) is 0 Å². The summed E-state index contributed by atoms with van der Waals surface area (Å²) in [6.45, 7) is 12.0. The van der Waals surface area contributed by atoms with Crippen LogP contribution in [-0.4, -0.2) is 13.7 Å². The average molecular weight is 248 g/mol. The molecule has 1 atom stereocenters. The summed E-state index contributed by atoms with van der Waals surface area (Å²) in [5.41, 5.74) is 2.82. The van der Waals surface area contributed by atoms with Crippen molar-refractivity contribution >= 4 is 0 Å². The van der Waals surface area contributed by atoms with Crippen LogP contribution in [0.15, 0.2) is 18.2 Å². The topological polar surface area (TPSA) is 18.5 Å². The Morgan fingerprint density at radius 3 is 2.33 bits per heavy atom. The van der Waals surface area contributed by atoms with Gasteiger partial charge >= 0.3 is 0 Å². The molecule has 0 spiro atoms. The van der Waals surface area contributed by atoms with Crippen molar-refractivity contribution < 1.29 is 9.47 Å². The molecule has 18 heavy (non-hydrogen) atoms. The zero-order valence-corrected chi connectivity index (χ0v) is 12.3. The number of hydrogen-bond acceptors (Lipinski definition) is 2. The van der Waals surface area contributed by atoms with Gasteiger partial charge in [0, 0.05) is 5.41 Å². The maximum absolute atomic E-state index is 5.73. The number of hydrogen-bond donors (Lipinski definition) is 0. The largest absolute Gasteiger partial charge is 0.496 e. The van der Waals surface area contributed by atoms with E-state index in [1.54, 1.807) is 7.11 Å². The van der Waals surface area contributed by atoms with Crippen molar-refractivity contribution in [2.24, 2.45) is 5.41 Å². The van der Waals surface area contributed by atoms with Crippen LogP contribution in [0.25, 0.3) is 0 Å². The Labute approximate surface area is 110 Å². The Hall–Kier alpha value is -1.02. The predicted molar refractivity (Wildman–Crippen MR) is 74.2 cm³/mol. The number of rotatable bonds is 2. The van der Waals surface area contributed by atoms with Crippen LogP contribution < -0.4 is 4.74 Å². The molecule has 1 aromatic carbocycles. The molecule has 0 aliphatic carbocycles. The minimum absolute atomic E-state index is 0.0786. The van der Waals surface area contributed by atoms with Crippen molar-refractivity contribution in [3.05, 3.63) is 29.3 Å². The first-order valence-corrected chi connectivity index (χ1v) is 6.56. The lowest BCUT2D eigenvalue weighted by molar-refractivity contribution is -0.172. The molecule has 1 aliphatic rings. The molecule has 0 saturated carbocycles. The second-order valence-electron chi connectivity index (χ2n) is 6.89. The van der Waals surface area contributed by atoms with E-state index in [1.165, 1.54) is 11.1 Å². The summed E-state index contributed by atoms with van der Waals surface area (Å²) >= 11 is 0. The Kier molecular flexibility index (Phi) is 3.18. The lowest BCUT2D eigenvalue weighted by Crippen LogP contribution is -2.40. The molecular formula is C16H24O2. The Bertz CT molecular complexity index is 441. The second kappa shape index (κ2) is 4.27. The molecule has 2 rings (SSSR count). The van der Waals surface area contributed by atoms with Crippen molar-refractivity contribution in [1.82, 2.24) is 0 Å². The van der Waals surface area contributed by atoms with Gasteiger partial charge in [-0.15, -0.1) is 0 Å². The van der Waals surface area contributed by atoms with Crippen LogP contribution >= 0.6 is 0 Å². The van der Waals surface area contributed by atoms with Crippen LogP contribution in [0.4, 0.5) is 0 Å². The third-order valence-electron chi connectivity index (χ3n) is 3.67. The van der Waals surface area contributed by atoms with E-state index in [0.29, 0.717) is 0 Å². The molecule has 0 amide bonds. The van der Waals surface area contributed by atoms with Gasteiger partial charge in [-0.25, -0.2) is 0 Å². The first kappa shape index (κ1) is 13.4. The van der Waals surface area contributed by atoms with E-state index in [0.717, 1.165) is 12.4 Å². The molecule has 0 radical (unpaired) electrons. The van der Waals surface area contributed by atoms with Crippen molar-refractivity contribution in [3.8, 4) is 5.75 Å². The molecule has 1 aliphatic heterocycles. The average Bonchev–Trinajstić information content (AvgIpc) is 2.26. The Balaban J connectivity index is 2.41. The molecule has 0 N–H and O–H groups in total. The highest BCUT2D eigenvalue weighted by Crippen LogP contribution is 2.47. The van der Waals surface area contributed by atoms with E-state index >= 15 is 0 Å². The van der Waals surface area contributed by atoms with E-state index in [9.17, 15) is 0 Å². The zero-order valence-electron chi connectivity index (χ0n) is 12.3. The fraction of sp³-hybridized carbons (Fsp3) is 0.625. The van der Waals surface area contributed by atoms with Gasteiger partial charge in [0.05, 0.1) is 19.8 Å². The maximum Gasteiger partial charge on any atom is 0.122 e. The van der Waals surface area contributed by atoms with E-state index in [4.69, 9.17) is 9.47 Å². The van der Waals surface area contributed by atoms with Gasteiger partial charge < -0.3 is 9.47 Å². The summed E-state index contributed by atoms with van der Waals surface area (Å²) in [5, 5.41) is 0. The first-order chi connectivity index (χ1) is 8.25. The lowest BCUT2D eigenvalue weighted by atomic mass is 9.77. The number of ether oxygens (including phenoxy) is 2. The molecule has 1 saturated heterocycles. The van der Waals surface area contributed by atoms with E-state index in [1.807, 2.05) is 0 Å². The first-order valence-electron chi connectivity index (χ1n) is 6.56. The predicted octanol–water partition coefficient (Wildman–Crippen LogP) is 4.09. The monoisotopic (exact) mass is 248 g/mol. The summed E-state index contributed by atoms with van der Waals surface area (Å²) in [6, 6.07) is 6.43. The maximum atomic E-state index is 5.73. The quantitative estimate of drug-likeness (QED) is 0.784. The van der Waals surface area contributed by atoms with Crippen molar-refractivity contribution in [2.75, 3.05) is 13.7 Å². The van der Waals surface area contributed by atoms with Gasteiger partial charge in [-0.05, 0) is 28.7 Å². The van der Waals surface area contributed by atoms with Gasteiger partial charge in [0.1, 0.15) is 5.75 Å². The highest BCUT2D eigenvalue weighted by Gasteiger charge is 2.41. The second-order valence-corrected chi connectivity index (χ2v) is 6.89. The summed E-state index contributed by atoms with van der Waals surface area (Å²) in [6.07, 6.45) is 0.213. The van der Waals surface area contributed by atoms with E-state index < -0.39 is 0 Å². The van der Waals surface area contributed by atoms with Crippen LogP contribution in [-0.2, 0) is 10.2 Å². The molecule has 1 aromatic rings. The van der Waals surface area contributed by atoms with Crippen LogP contribution in [0.5, 0.6) is 5.75 Å². The number of methoxy groups -OCH3 is 1. The van der Waals surface area contributed by atoms with Crippen molar-refractivity contribution in [1.29, 1.82) is 0 Å². The minimum atomic E-state index is 0.0786. The third kappa shape index (κ3) is 2.26. The van der Waals surface area contributed by atoms with Crippen LogP contribution in [0, 0.1) is 5.41 Å². The molecule has 100 valence electrons. The molecule has 1 heterocycles. The molecule has 0 bridgehead atoms. The summed E-state index contributed by atoms with van der Waals surface area (Å²) in [7, 11) is 1.73. The minimum Gasteiger partial charge on any atom is -0.496 e. The van der Waals surface area contributed by atoms with Gasteiger partial charge in [0.15, 0.2) is 0 Å². The van der Waals surface area contributed by atoms with Gasteiger partial charge in [-0.1, -0.05) is 40.7 Å². The smallest absolute Gasteiger partial charge is 0.122 e. The Morgan fingerprint density at radius 2 is 1.94 bits per heavy atom. The molecular weight excluding hydrogens is 224 g/mol. The summed E-state index contributed by atoms with van der Waals surface area (Å²) < 4.78 is 11.2. The van der Waals surface area contributed by atoms with Crippen LogP contribution in [0.3, 0.4) is 0 Å². The fourth-order valence-corrected chi connectivity index (χ4v) is 2.52. The molecule has 2 heteroatoms.